The summed E-state index contributed by atoms with van der Waals surface area (Å²) < 4.78 is 33.2. The number of carboxylic acids is 1. The molecule has 0 amide bonds. The van der Waals surface area contributed by atoms with E-state index < -0.39 is 17.6 Å². The van der Waals surface area contributed by atoms with Crippen LogP contribution >= 0.6 is 0 Å². The Hall–Kier alpha value is -4.13. The van der Waals surface area contributed by atoms with Crippen LogP contribution in [0.3, 0.4) is 0 Å². The third-order valence-corrected chi connectivity index (χ3v) is 5.28. The van der Waals surface area contributed by atoms with Crippen molar-refractivity contribution >= 4 is 17.4 Å². The van der Waals surface area contributed by atoms with Crippen molar-refractivity contribution in [2.45, 2.75) is 20.5 Å². The minimum atomic E-state index is -1.03. The lowest BCUT2D eigenvalue weighted by Crippen LogP contribution is -2.17. The zero-order valence-corrected chi connectivity index (χ0v) is 19.0. The number of aryl methyl sites for hydroxylation is 1. The Balaban J connectivity index is 2.03. The van der Waals surface area contributed by atoms with Crippen molar-refractivity contribution in [1.82, 2.24) is 0 Å². The molecule has 3 aromatic rings. The number of phenolic OH excluding ortho intramolecular Hbond substituents is 1. The Bertz CT molecular complexity index is 1270. The summed E-state index contributed by atoms with van der Waals surface area (Å²) in [5.41, 5.74) is 2.69. The Morgan fingerprint density at radius 2 is 1.82 bits per heavy atom. The molecule has 176 valence electrons. The van der Waals surface area contributed by atoms with E-state index in [0.29, 0.717) is 28.3 Å². The fourth-order valence-corrected chi connectivity index (χ4v) is 3.40. The second-order valence-corrected chi connectivity index (χ2v) is 7.65. The maximum absolute atomic E-state index is 14.1. The first-order valence-corrected chi connectivity index (χ1v) is 10.5. The molecule has 0 spiro atoms. The topological polar surface area (TPSA) is 70.0 Å². The van der Waals surface area contributed by atoms with Crippen LogP contribution in [0.15, 0.2) is 72.8 Å². The van der Waals surface area contributed by atoms with E-state index in [4.69, 9.17) is 4.74 Å². The van der Waals surface area contributed by atoms with Gasteiger partial charge in [-0.3, -0.25) is 0 Å². The molecule has 0 bridgehead atoms. The van der Waals surface area contributed by atoms with E-state index in [9.17, 15) is 23.8 Å². The van der Waals surface area contributed by atoms with E-state index >= 15 is 0 Å². The molecule has 0 fully saturated rings. The molecule has 5 nitrogen and oxygen atoms in total. The fraction of sp³-hybridized carbons (Fsp3) is 0.148. The van der Waals surface area contributed by atoms with Gasteiger partial charge in [0.05, 0.1) is 11.3 Å². The number of rotatable bonds is 8. The molecule has 0 unspecified atom stereocenters. The number of carboxylic acid groups (broad SMARTS) is 1. The molecule has 0 radical (unpaired) electrons. The first-order valence-electron chi connectivity index (χ1n) is 10.5. The summed E-state index contributed by atoms with van der Waals surface area (Å²) in [6.45, 7) is 3.41. The fourth-order valence-electron chi connectivity index (χ4n) is 3.40. The van der Waals surface area contributed by atoms with E-state index in [1.54, 1.807) is 55.3 Å². The minimum Gasteiger partial charge on any atom is -0.508 e. The molecule has 0 saturated carbocycles. The zero-order chi connectivity index (χ0) is 24.8. The molecular weight excluding hydrogens is 440 g/mol. The summed E-state index contributed by atoms with van der Waals surface area (Å²) in [5.74, 6) is -2.08. The van der Waals surface area contributed by atoms with Crippen LogP contribution in [0.2, 0.25) is 0 Å². The molecular formula is C27H25F2NO4. The molecule has 2 N–H and O–H groups in total. The Morgan fingerprint density at radius 3 is 2.50 bits per heavy atom. The second kappa shape index (κ2) is 10.7. The van der Waals surface area contributed by atoms with E-state index in [2.05, 4.69) is 0 Å². The standard InChI is InChI=1S/C27H25F2NO4/c1-4-5-6-25(30(3)20-10-7-17(2)22(14-20)27(32)33)23-15-21(31)11-12-26(23)34-16-18-8-9-19(28)13-24(18)29/h4-15,31H,16H2,1-3H3,(H,32,33)/b5-4+,25-6-. The van der Waals surface area contributed by atoms with Gasteiger partial charge in [0.2, 0.25) is 0 Å². The lowest BCUT2D eigenvalue weighted by Gasteiger charge is -2.25. The molecule has 34 heavy (non-hydrogen) atoms. The van der Waals surface area contributed by atoms with Gasteiger partial charge in [-0.1, -0.05) is 18.2 Å². The largest absolute Gasteiger partial charge is 0.508 e. The third kappa shape index (κ3) is 5.61. The quantitative estimate of drug-likeness (QED) is 0.382. The van der Waals surface area contributed by atoms with Gasteiger partial charge in [0.15, 0.2) is 0 Å². The van der Waals surface area contributed by atoms with Gasteiger partial charge in [0, 0.05) is 29.9 Å². The van der Waals surface area contributed by atoms with Gasteiger partial charge in [0.25, 0.3) is 0 Å². The number of anilines is 1. The maximum atomic E-state index is 14.1. The molecule has 0 aliphatic rings. The maximum Gasteiger partial charge on any atom is 0.336 e. The van der Waals surface area contributed by atoms with Crippen LogP contribution in [-0.2, 0) is 6.61 Å². The number of aromatic hydroxyl groups is 1. The van der Waals surface area contributed by atoms with Gasteiger partial charge >= 0.3 is 5.97 Å². The van der Waals surface area contributed by atoms with E-state index in [0.717, 1.165) is 12.1 Å². The number of ether oxygens (including phenoxy) is 1. The van der Waals surface area contributed by atoms with Gasteiger partial charge in [-0.25, -0.2) is 13.6 Å². The average Bonchev–Trinajstić information content (AvgIpc) is 2.79. The van der Waals surface area contributed by atoms with Gasteiger partial charge in [-0.15, -0.1) is 0 Å². The Labute approximate surface area is 196 Å². The molecule has 0 saturated heterocycles. The van der Waals surface area contributed by atoms with Crippen molar-refractivity contribution in [3.63, 3.8) is 0 Å². The van der Waals surface area contributed by atoms with E-state index in [1.165, 1.54) is 18.2 Å². The first kappa shape index (κ1) is 24.5. The number of nitrogens with zero attached hydrogens (tertiary/aromatic N) is 1. The number of allylic oxidation sites excluding steroid dienone is 3. The Kier molecular flexibility index (Phi) is 7.68. The normalized spacial score (nSPS) is 11.6. The van der Waals surface area contributed by atoms with Crippen LogP contribution in [0.4, 0.5) is 14.5 Å². The van der Waals surface area contributed by atoms with Gasteiger partial charge in [-0.05, 0) is 68.0 Å². The third-order valence-electron chi connectivity index (χ3n) is 5.28. The first-order chi connectivity index (χ1) is 16.2. The molecule has 0 atom stereocenters. The predicted octanol–water partition coefficient (Wildman–Crippen LogP) is 6.31. The van der Waals surface area contributed by atoms with Gasteiger partial charge < -0.3 is 19.8 Å². The number of carbonyl (C=O) groups is 1. The number of halogens is 2. The SMILES string of the molecule is C/C=C/C=C(/c1cc(O)ccc1OCc1ccc(F)cc1F)N(C)c1ccc(C)c(C(=O)O)c1. The minimum absolute atomic E-state index is 0.00905. The number of hydrogen-bond donors (Lipinski definition) is 2. The van der Waals surface area contributed by atoms with Crippen molar-refractivity contribution in [3.05, 3.63) is 107 Å². The van der Waals surface area contributed by atoms with Crippen molar-refractivity contribution in [3.8, 4) is 11.5 Å². The smallest absolute Gasteiger partial charge is 0.336 e. The van der Waals surface area contributed by atoms with Crippen LogP contribution in [0.1, 0.15) is 34.0 Å². The molecule has 3 aromatic carbocycles. The summed E-state index contributed by atoms with van der Waals surface area (Å²) in [5, 5.41) is 19.7. The van der Waals surface area contributed by atoms with Gasteiger partial charge in [-0.2, -0.15) is 0 Å². The monoisotopic (exact) mass is 465 g/mol. The second-order valence-electron chi connectivity index (χ2n) is 7.65. The van der Waals surface area contributed by atoms with Crippen molar-refractivity contribution in [2.75, 3.05) is 11.9 Å². The molecule has 0 aliphatic carbocycles. The zero-order valence-electron chi connectivity index (χ0n) is 19.0. The highest BCUT2D eigenvalue weighted by molar-refractivity contribution is 5.92. The predicted molar refractivity (Wildman–Crippen MR) is 128 cm³/mol. The number of hydrogen-bond acceptors (Lipinski definition) is 4. The summed E-state index contributed by atoms with van der Waals surface area (Å²) in [7, 11) is 1.76. The summed E-state index contributed by atoms with van der Waals surface area (Å²) in [6.07, 6.45) is 5.41. The van der Waals surface area contributed by atoms with Crippen LogP contribution in [0, 0.1) is 18.6 Å². The lowest BCUT2D eigenvalue weighted by atomic mass is 10.0. The van der Waals surface area contributed by atoms with Gasteiger partial charge in [0.1, 0.15) is 29.7 Å². The molecule has 0 aromatic heterocycles. The van der Waals surface area contributed by atoms with Crippen molar-refractivity contribution < 1.29 is 28.5 Å². The number of phenols is 1. The summed E-state index contributed by atoms with van der Waals surface area (Å²) >= 11 is 0. The van der Waals surface area contributed by atoms with Crippen molar-refractivity contribution in [1.29, 1.82) is 0 Å². The van der Waals surface area contributed by atoms with Crippen LogP contribution in [0.25, 0.3) is 5.70 Å². The molecule has 7 heteroatoms. The molecule has 0 aliphatic heterocycles. The molecule has 0 heterocycles. The number of aromatic carboxylic acids is 1. The highest BCUT2D eigenvalue weighted by Crippen LogP contribution is 2.35. The van der Waals surface area contributed by atoms with Crippen LogP contribution < -0.4 is 9.64 Å². The number of benzene rings is 3. The van der Waals surface area contributed by atoms with E-state index in [-0.39, 0.29) is 23.5 Å². The highest BCUT2D eigenvalue weighted by Gasteiger charge is 2.18. The van der Waals surface area contributed by atoms with Crippen LogP contribution in [0.5, 0.6) is 11.5 Å². The van der Waals surface area contributed by atoms with Crippen molar-refractivity contribution in [2.24, 2.45) is 0 Å². The summed E-state index contributed by atoms with van der Waals surface area (Å²) in [4.78, 5) is 13.4. The van der Waals surface area contributed by atoms with E-state index in [1.807, 2.05) is 13.0 Å². The Morgan fingerprint density at radius 1 is 1.06 bits per heavy atom. The highest BCUT2D eigenvalue weighted by atomic mass is 19.1. The molecule has 3 rings (SSSR count). The lowest BCUT2D eigenvalue weighted by molar-refractivity contribution is 0.0696. The van der Waals surface area contributed by atoms with Crippen LogP contribution in [-0.4, -0.2) is 23.2 Å². The average molecular weight is 465 g/mol. The summed E-state index contributed by atoms with van der Waals surface area (Å²) in [6, 6.07) is 12.9.